The van der Waals surface area contributed by atoms with Gasteiger partial charge in [-0.2, -0.15) is 0 Å². The summed E-state index contributed by atoms with van der Waals surface area (Å²) in [4.78, 5) is 15.6. The zero-order chi connectivity index (χ0) is 15.8. The molecule has 0 aliphatic carbocycles. The summed E-state index contributed by atoms with van der Waals surface area (Å²) in [5.41, 5.74) is 0. The Labute approximate surface area is 130 Å². The molecule has 1 aliphatic heterocycles. The molecule has 1 heterocycles. The molecule has 0 radical (unpaired) electrons. The molecule has 1 N–H and O–H groups in total. The first-order valence-electron chi connectivity index (χ1n) is 8.60. The number of carboxylic acids is 1. The summed E-state index contributed by atoms with van der Waals surface area (Å²) in [6.45, 7) is 6.75. The topological polar surface area (TPSA) is 52.9 Å². The van der Waals surface area contributed by atoms with Gasteiger partial charge in [0, 0.05) is 20.0 Å². The third-order valence-corrected chi connectivity index (χ3v) is 3.56. The third kappa shape index (κ3) is 16.9. The number of aliphatic imine (C=N–C) groups is 1. The van der Waals surface area contributed by atoms with Crippen molar-refractivity contribution in [1.29, 1.82) is 0 Å². The molecule has 4 heteroatoms. The highest BCUT2D eigenvalue weighted by atomic mass is 16.4. The lowest BCUT2D eigenvalue weighted by Gasteiger charge is -2.12. The van der Waals surface area contributed by atoms with E-state index in [1.54, 1.807) is 0 Å². The van der Waals surface area contributed by atoms with Crippen LogP contribution in [0, 0.1) is 0 Å². The van der Waals surface area contributed by atoms with Crippen molar-refractivity contribution < 1.29 is 9.90 Å². The van der Waals surface area contributed by atoms with Crippen molar-refractivity contribution in [3.8, 4) is 0 Å². The van der Waals surface area contributed by atoms with Gasteiger partial charge in [0.25, 0.3) is 5.97 Å². The molecule has 0 saturated heterocycles. The van der Waals surface area contributed by atoms with Crippen molar-refractivity contribution in [3.05, 3.63) is 0 Å². The largest absolute Gasteiger partial charge is 0.481 e. The third-order valence-electron chi connectivity index (χ3n) is 3.56. The van der Waals surface area contributed by atoms with E-state index in [1.807, 2.05) is 6.34 Å². The number of hydrogen-bond donors (Lipinski definition) is 1. The van der Waals surface area contributed by atoms with E-state index in [0.717, 1.165) is 20.0 Å². The van der Waals surface area contributed by atoms with E-state index < -0.39 is 5.97 Å². The number of unbranched alkanes of at least 4 members (excludes halogenated alkanes) is 9. The van der Waals surface area contributed by atoms with Gasteiger partial charge in [0.1, 0.15) is 0 Å². The predicted molar refractivity (Wildman–Crippen MR) is 90.1 cm³/mol. The zero-order valence-corrected chi connectivity index (χ0v) is 14.0. The van der Waals surface area contributed by atoms with Crippen molar-refractivity contribution in [3.63, 3.8) is 0 Å². The van der Waals surface area contributed by atoms with Crippen LogP contribution in [0.3, 0.4) is 0 Å². The summed E-state index contributed by atoms with van der Waals surface area (Å²) in [5.74, 6) is -0.833. The van der Waals surface area contributed by atoms with Gasteiger partial charge in [0.05, 0.1) is 12.9 Å². The van der Waals surface area contributed by atoms with Gasteiger partial charge in [0.15, 0.2) is 0 Å². The van der Waals surface area contributed by atoms with E-state index in [9.17, 15) is 0 Å². The summed E-state index contributed by atoms with van der Waals surface area (Å²) in [5, 5.41) is 7.42. The molecule has 124 valence electrons. The highest BCUT2D eigenvalue weighted by Gasteiger charge is 2.03. The number of hydrogen-bond acceptors (Lipinski definition) is 3. The van der Waals surface area contributed by atoms with Crippen molar-refractivity contribution in [2.45, 2.75) is 78.1 Å². The molecule has 1 rings (SSSR count). The van der Waals surface area contributed by atoms with Crippen molar-refractivity contribution in [1.82, 2.24) is 4.90 Å². The summed E-state index contributed by atoms with van der Waals surface area (Å²) in [6.07, 6.45) is 16.3. The standard InChI is InChI=1S/C15H30N2.C2H4O2/c1-2-3-4-5-6-7-8-9-10-11-13-17-14-12-16-15-17;1-2(3)4/h15H,2-14H2,1H3;1H3,(H,3,4). The highest BCUT2D eigenvalue weighted by Crippen LogP contribution is 2.10. The van der Waals surface area contributed by atoms with Crippen molar-refractivity contribution in [2.75, 3.05) is 19.6 Å². The van der Waals surface area contributed by atoms with Crippen LogP contribution in [0.5, 0.6) is 0 Å². The van der Waals surface area contributed by atoms with Crippen LogP contribution in [0.25, 0.3) is 0 Å². The van der Waals surface area contributed by atoms with Crippen LogP contribution in [-0.4, -0.2) is 41.9 Å². The second-order valence-electron chi connectivity index (χ2n) is 5.76. The highest BCUT2D eigenvalue weighted by molar-refractivity contribution is 5.62. The zero-order valence-electron chi connectivity index (χ0n) is 14.0. The minimum atomic E-state index is -0.833. The van der Waals surface area contributed by atoms with Crippen LogP contribution in [0.2, 0.25) is 0 Å². The number of rotatable bonds is 11. The van der Waals surface area contributed by atoms with Crippen LogP contribution in [0.1, 0.15) is 78.1 Å². The van der Waals surface area contributed by atoms with Crippen LogP contribution in [0.15, 0.2) is 4.99 Å². The minimum Gasteiger partial charge on any atom is -0.481 e. The Hall–Kier alpha value is -1.06. The Bertz CT molecular complexity index is 264. The van der Waals surface area contributed by atoms with Gasteiger partial charge in [-0.3, -0.25) is 9.79 Å². The SMILES string of the molecule is CC(=O)O.CCCCCCCCCCCCN1C=NCC1. The maximum absolute atomic E-state index is 9.00. The summed E-state index contributed by atoms with van der Waals surface area (Å²) >= 11 is 0. The van der Waals surface area contributed by atoms with E-state index in [4.69, 9.17) is 9.90 Å². The first-order chi connectivity index (χ1) is 10.2. The number of carboxylic acid groups (broad SMARTS) is 1. The number of nitrogens with zero attached hydrogens (tertiary/aromatic N) is 2. The number of aliphatic carboxylic acids is 1. The van der Waals surface area contributed by atoms with Gasteiger partial charge in [-0.05, 0) is 6.42 Å². The lowest BCUT2D eigenvalue weighted by Crippen LogP contribution is -2.20. The average molecular weight is 298 g/mol. The summed E-state index contributed by atoms with van der Waals surface area (Å²) in [7, 11) is 0. The normalized spacial score (nSPS) is 13.1. The van der Waals surface area contributed by atoms with Crippen LogP contribution >= 0.6 is 0 Å². The van der Waals surface area contributed by atoms with Crippen LogP contribution < -0.4 is 0 Å². The van der Waals surface area contributed by atoms with Gasteiger partial charge in [-0.25, -0.2) is 0 Å². The smallest absolute Gasteiger partial charge is 0.300 e. The first-order valence-corrected chi connectivity index (χ1v) is 8.60. The molecule has 21 heavy (non-hydrogen) atoms. The molecule has 0 spiro atoms. The monoisotopic (exact) mass is 298 g/mol. The van der Waals surface area contributed by atoms with Gasteiger partial charge < -0.3 is 10.0 Å². The van der Waals surface area contributed by atoms with E-state index in [-0.39, 0.29) is 0 Å². The van der Waals surface area contributed by atoms with E-state index in [2.05, 4.69) is 16.8 Å². The Balaban J connectivity index is 0.000000885. The van der Waals surface area contributed by atoms with Gasteiger partial charge in [-0.1, -0.05) is 64.7 Å². The maximum atomic E-state index is 9.00. The molecule has 0 fully saturated rings. The molecule has 0 aromatic carbocycles. The van der Waals surface area contributed by atoms with E-state index in [0.29, 0.717) is 0 Å². The Morgan fingerprint density at radius 3 is 1.95 bits per heavy atom. The second-order valence-corrected chi connectivity index (χ2v) is 5.76. The van der Waals surface area contributed by atoms with Gasteiger partial charge >= 0.3 is 0 Å². The number of carbonyl (C=O) groups is 1. The average Bonchev–Trinajstić information content (AvgIpc) is 2.93. The van der Waals surface area contributed by atoms with Crippen molar-refractivity contribution in [2.24, 2.45) is 4.99 Å². The lowest BCUT2D eigenvalue weighted by molar-refractivity contribution is -0.134. The molecule has 0 bridgehead atoms. The molecule has 4 nitrogen and oxygen atoms in total. The second kappa shape index (κ2) is 15.3. The molecule has 1 aliphatic rings. The fraction of sp³-hybridized carbons (Fsp3) is 0.882. The molecule has 0 unspecified atom stereocenters. The van der Waals surface area contributed by atoms with E-state index in [1.165, 1.54) is 70.8 Å². The quantitative estimate of drug-likeness (QED) is 0.577. The Kier molecular flexibility index (Phi) is 14.6. The lowest BCUT2D eigenvalue weighted by atomic mass is 10.1. The molecular formula is C17H34N2O2. The Morgan fingerprint density at radius 2 is 1.52 bits per heavy atom. The molecule has 0 aromatic rings. The molecule has 0 atom stereocenters. The van der Waals surface area contributed by atoms with Crippen LogP contribution in [0.4, 0.5) is 0 Å². The molecular weight excluding hydrogens is 264 g/mol. The summed E-state index contributed by atoms with van der Waals surface area (Å²) < 4.78 is 0. The van der Waals surface area contributed by atoms with Crippen molar-refractivity contribution >= 4 is 12.3 Å². The fourth-order valence-corrected chi connectivity index (χ4v) is 2.39. The Morgan fingerprint density at radius 1 is 1.05 bits per heavy atom. The van der Waals surface area contributed by atoms with Crippen LogP contribution in [-0.2, 0) is 4.79 Å². The maximum Gasteiger partial charge on any atom is 0.300 e. The first kappa shape index (κ1) is 19.9. The fourth-order valence-electron chi connectivity index (χ4n) is 2.39. The molecule has 0 saturated carbocycles. The predicted octanol–water partition coefficient (Wildman–Crippen LogP) is 4.34. The minimum absolute atomic E-state index is 0.833. The van der Waals surface area contributed by atoms with E-state index >= 15 is 0 Å². The summed E-state index contributed by atoms with van der Waals surface area (Å²) in [6, 6.07) is 0. The molecule has 0 aromatic heterocycles. The molecule has 0 amide bonds. The van der Waals surface area contributed by atoms with Gasteiger partial charge in [-0.15, -0.1) is 0 Å². The van der Waals surface area contributed by atoms with Gasteiger partial charge in [0.2, 0.25) is 0 Å².